The maximum Gasteiger partial charge on any atom is 0.255 e. The molecule has 0 fully saturated rings. The summed E-state index contributed by atoms with van der Waals surface area (Å²) in [5.41, 5.74) is 1.69. The minimum absolute atomic E-state index is 0.0660. The van der Waals surface area contributed by atoms with Gasteiger partial charge >= 0.3 is 0 Å². The molecule has 32 heavy (non-hydrogen) atoms. The molecule has 2 amide bonds. The molecule has 3 aromatic rings. The third-order valence-electron chi connectivity index (χ3n) is 4.76. The highest BCUT2D eigenvalue weighted by molar-refractivity contribution is 7.89. The molecule has 0 saturated carbocycles. The van der Waals surface area contributed by atoms with Crippen molar-refractivity contribution in [2.45, 2.75) is 18.7 Å². The molecule has 1 aromatic heterocycles. The summed E-state index contributed by atoms with van der Waals surface area (Å²) >= 11 is 0. The van der Waals surface area contributed by atoms with E-state index in [0.29, 0.717) is 30.0 Å². The molecule has 0 aliphatic rings. The molecule has 8 nitrogen and oxygen atoms in total. The second-order valence-corrected chi connectivity index (χ2v) is 8.78. The molecule has 0 radical (unpaired) electrons. The van der Waals surface area contributed by atoms with Crippen LogP contribution in [0.5, 0.6) is 0 Å². The van der Waals surface area contributed by atoms with Gasteiger partial charge in [0.2, 0.25) is 10.0 Å². The Bertz CT molecular complexity index is 1190. The third-order valence-corrected chi connectivity index (χ3v) is 6.81. The zero-order valence-corrected chi connectivity index (χ0v) is 18.6. The lowest BCUT2D eigenvalue weighted by Gasteiger charge is -2.18. The van der Waals surface area contributed by atoms with E-state index in [1.54, 1.807) is 68.7 Å². The van der Waals surface area contributed by atoms with Crippen LogP contribution in [0.2, 0.25) is 0 Å². The van der Waals surface area contributed by atoms with Crippen molar-refractivity contribution < 1.29 is 18.0 Å². The molecule has 0 unspecified atom stereocenters. The first kappa shape index (κ1) is 23.1. The summed E-state index contributed by atoms with van der Waals surface area (Å²) in [7, 11) is -3.67. The highest BCUT2D eigenvalue weighted by atomic mass is 32.2. The van der Waals surface area contributed by atoms with Crippen LogP contribution in [0.3, 0.4) is 0 Å². The van der Waals surface area contributed by atoms with Gasteiger partial charge < -0.3 is 10.6 Å². The standard InChI is InChI=1S/C23H24N4O4S/c1-3-27(4-2)32(30,31)21-9-5-7-18(15-21)23(29)25-19-12-10-17(11-13-19)22(28)26-20-8-6-14-24-16-20/h5-16H,3-4H2,1-2H3,(H,25,29)(H,26,28). The minimum Gasteiger partial charge on any atom is -0.322 e. The molecule has 0 bridgehead atoms. The van der Waals surface area contributed by atoms with Crippen molar-refractivity contribution >= 4 is 33.2 Å². The summed E-state index contributed by atoms with van der Waals surface area (Å²) in [5.74, 6) is -0.751. The van der Waals surface area contributed by atoms with Crippen molar-refractivity contribution in [1.82, 2.24) is 9.29 Å². The molecule has 0 saturated heterocycles. The van der Waals surface area contributed by atoms with Crippen molar-refractivity contribution in [3.8, 4) is 0 Å². The topological polar surface area (TPSA) is 108 Å². The lowest BCUT2D eigenvalue weighted by molar-refractivity contribution is 0.101. The van der Waals surface area contributed by atoms with E-state index in [2.05, 4.69) is 15.6 Å². The molecular formula is C23H24N4O4S. The molecule has 0 aliphatic carbocycles. The zero-order chi connectivity index (χ0) is 23.1. The van der Waals surface area contributed by atoms with Gasteiger partial charge in [-0.1, -0.05) is 19.9 Å². The fourth-order valence-corrected chi connectivity index (χ4v) is 4.56. The van der Waals surface area contributed by atoms with Crippen LogP contribution in [0.1, 0.15) is 34.6 Å². The van der Waals surface area contributed by atoms with Crippen molar-refractivity contribution in [2.75, 3.05) is 23.7 Å². The molecule has 0 spiro atoms. The molecule has 1 heterocycles. The monoisotopic (exact) mass is 452 g/mol. The number of benzene rings is 2. The molecule has 166 valence electrons. The average molecular weight is 453 g/mol. The zero-order valence-electron chi connectivity index (χ0n) is 17.8. The van der Waals surface area contributed by atoms with Gasteiger partial charge in [-0.15, -0.1) is 0 Å². The fraction of sp³-hybridized carbons (Fsp3) is 0.174. The smallest absolute Gasteiger partial charge is 0.255 e. The summed E-state index contributed by atoms with van der Waals surface area (Å²) in [5, 5.41) is 5.45. The van der Waals surface area contributed by atoms with E-state index < -0.39 is 15.9 Å². The van der Waals surface area contributed by atoms with Crippen molar-refractivity contribution in [2.24, 2.45) is 0 Å². The normalized spacial score (nSPS) is 11.2. The maximum atomic E-state index is 12.7. The quantitative estimate of drug-likeness (QED) is 0.543. The Kier molecular flexibility index (Phi) is 7.34. The summed E-state index contributed by atoms with van der Waals surface area (Å²) in [6.07, 6.45) is 3.16. The minimum atomic E-state index is -3.67. The van der Waals surface area contributed by atoms with Gasteiger partial charge in [-0.3, -0.25) is 14.6 Å². The molecule has 0 atom stereocenters. The first-order valence-corrected chi connectivity index (χ1v) is 11.5. The van der Waals surface area contributed by atoms with E-state index in [9.17, 15) is 18.0 Å². The number of carbonyl (C=O) groups excluding carboxylic acids is 2. The molecule has 3 rings (SSSR count). The second-order valence-electron chi connectivity index (χ2n) is 6.84. The Balaban J connectivity index is 1.70. The highest BCUT2D eigenvalue weighted by Gasteiger charge is 2.22. The number of nitrogens with zero attached hydrogens (tertiary/aromatic N) is 2. The van der Waals surface area contributed by atoms with Crippen LogP contribution in [0.4, 0.5) is 11.4 Å². The first-order valence-electron chi connectivity index (χ1n) is 10.1. The number of sulfonamides is 1. The number of carbonyl (C=O) groups is 2. The molecular weight excluding hydrogens is 428 g/mol. The van der Waals surface area contributed by atoms with E-state index in [1.807, 2.05) is 0 Å². The van der Waals surface area contributed by atoms with Gasteiger partial charge in [0.05, 0.1) is 16.8 Å². The summed E-state index contributed by atoms with van der Waals surface area (Å²) in [6, 6.07) is 15.7. The van der Waals surface area contributed by atoms with E-state index in [4.69, 9.17) is 0 Å². The van der Waals surface area contributed by atoms with E-state index in [1.165, 1.54) is 22.5 Å². The fourth-order valence-electron chi connectivity index (χ4n) is 3.06. The van der Waals surface area contributed by atoms with Gasteiger partial charge in [0, 0.05) is 36.1 Å². The molecule has 2 aromatic carbocycles. The van der Waals surface area contributed by atoms with E-state index in [0.717, 1.165) is 0 Å². The highest BCUT2D eigenvalue weighted by Crippen LogP contribution is 2.18. The average Bonchev–Trinajstić information content (AvgIpc) is 2.81. The first-order chi connectivity index (χ1) is 15.3. The number of anilines is 2. The number of hydrogen-bond acceptors (Lipinski definition) is 5. The predicted molar refractivity (Wildman–Crippen MR) is 123 cm³/mol. The maximum absolute atomic E-state index is 12.7. The van der Waals surface area contributed by atoms with Crippen molar-refractivity contribution in [1.29, 1.82) is 0 Å². The number of amides is 2. The lowest BCUT2D eigenvalue weighted by atomic mass is 10.1. The van der Waals surface area contributed by atoms with Crippen LogP contribution in [-0.4, -0.2) is 42.6 Å². The summed E-state index contributed by atoms with van der Waals surface area (Å²) in [6.45, 7) is 4.21. The van der Waals surface area contributed by atoms with Crippen LogP contribution >= 0.6 is 0 Å². The SMILES string of the molecule is CCN(CC)S(=O)(=O)c1cccc(C(=O)Nc2ccc(C(=O)Nc3cccnc3)cc2)c1. The number of hydrogen-bond donors (Lipinski definition) is 2. The van der Waals surface area contributed by atoms with Crippen LogP contribution < -0.4 is 10.6 Å². The van der Waals surface area contributed by atoms with Gasteiger partial charge in [0.25, 0.3) is 11.8 Å². The van der Waals surface area contributed by atoms with Gasteiger partial charge in [-0.25, -0.2) is 8.42 Å². The summed E-state index contributed by atoms with van der Waals surface area (Å²) < 4.78 is 26.8. The van der Waals surface area contributed by atoms with Gasteiger partial charge in [0.15, 0.2) is 0 Å². The second kappa shape index (κ2) is 10.2. The number of pyridine rings is 1. The molecule has 0 aliphatic heterocycles. The Hall–Kier alpha value is -3.56. The molecule has 2 N–H and O–H groups in total. The van der Waals surface area contributed by atoms with Gasteiger partial charge in [-0.05, 0) is 54.6 Å². The number of aromatic nitrogens is 1. The summed E-state index contributed by atoms with van der Waals surface area (Å²) in [4.78, 5) is 29.0. The predicted octanol–water partition coefficient (Wildman–Crippen LogP) is 3.62. The Morgan fingerprint density at radius 3 is 2.12 bits per heavy atom. The van der Waals surface area contributed by atoms with Gasteiger partial charge in [-0.2, -0.15) is 4.31 Å². The number of nitrogens with one attached hydrogen (secondary N) is 2. The van der Waals surface area contributed by atoms with E-state index in [-0.39, 0.29) is 16.4 Å². The number of rotatable bonds is 8. The van der Waals surface area contributed by atoms with Crippen molar-refractivity contribution in [3.63, 3.8) is 0 Å². The van der Waals surface area contributed by atoms with Crippen molar-refractivity contribution in [3.05, 3.63) is 84.2 Å². The Morgan fingerprint density at radius 1 is 0.844 bits per heavy atom. The van der Waals surface area contributed by atoms with Gasteiger partial charge in [0.1, 0.15) is 0 Å². The van der Waals surface area contributed by atoms with Crippen LogP contribution in [0.15, 0.2) is 78.0 Å². The largest absolute Gasteiger partial charge is 0.322 e. The Labute approximate surface area is 187 Å². The lowest BCUT2D eigenvalue weighted by Crippen LogP contribution is -2.30. The van der Waals surface area contributed by atoms with Crippen LogP contribution in [0.25, 0.3) is 0 Å². The third kappa shape index (κ3) is 5.37. The van der Waals surface area contributed by atoms with Crippen LogP contribution in [-0.2, 0) is 10.0 Å². The Morgan fingerprint density at radius 2 is 1.50 bits per heavy atom. The molecule has 9 heteroatoms. The van der Waals surface area contributed by atoms with E-state index >= 15 is 0 Å². The van der Waals surface area contributed by atoms with Crippen LogP contribution in [0, 0.1) is 0 Å².